The lowest BCUT2D eigenvalue weighted by Crippen LogP contribution is -2.56. The van der Waals surface area contributed by atoms with Crippen molar-refractivity contribution >= 4 is 17.7 Å². The highest BCUT2D eigenvalue weighted by molar-refractivity contribution is 5.92. The van der Waals surface area contributed by atoms with E-state index in [2.05, 4.69) is 10.6 Å². The Labute approximate surface area is 177 Å². The lowest BCUT2D eigenvalue weighted by molar-refractivity contribution is -0.140. The van der Waals surface area contributed by atoms with E-state index >= 15 is 0 Å². The Balaban J connectivity index is 1.69. The van der Waals surface area contributed by atoms with E-state index in [4.69, 9.17) is 0 Å². The third-order valence-electron chi connectivity index (χ3n) is 5.51. The van der Waals surface area contributed by atoms with Gasteiger partial charge in [-0.05, 0) is 30.4 Å². The van der Waals surface area contributed by atoms with Crippen LogP contribution >= 0.6 is 0 Å². The summed E-state index contributed by atoms with van der Waals surface area (Å²) in [7, 11) is 1.67. The number of rotatable bonds is 8. The number of likely N-dealkylation sites (N-methyl/N-ethyl adjacent to an activating group) is 1. The number of amides is 3. The molecule has 0 aromatic heterocycles. The van der Waals surface area contributed by atoms with Gasteiger partial charge in [0, 0.05) is 26.4 Å². The molecule has 0 bridgehead atoms. The maximum Gasteiger partial charge on any atom is 0.243 e. The maximum absolute atomic E-state index is 13.1. The van der Waals surface area contributed by atoms with Crippen molar-refractivity contribution in [2.75, 3.05) is 13.6 Å². The van der Waals surface area contributed by atoms with E-state index in [-0.39, 0.29) is 17.7 Å². The lowest BCUT2D eigenvalue weighted by Gasteiger charge is -2.30. The van der Waals surface area contributed by atoms with E-state index < -0.39 is 12.1 Å². The van der Waals surface area contributed by atoms with E-state index in [1.165, 1.54) is 4.90 Å². The van der Waals surface area contributed by atoms with Crippen LogP contribution in [0.4, 0.5) is 0 Å². The standard InChI is InChI=1S/C24H29N3O3/c1-27(22(28)15-14-18-9-4-2-5-10-18)21(17-19-11-6-3-7-12-19)24(30)26-20-13-8-16-25-23(20)29/h2-7,9-12,20-21H,8,13-17H2,1H3,(H,25,29)(H,26,30)/t20-,21-/m0/s1. The fourth-order valence-corrected chi connectivity index (χ4v) is 3.67. The van der Waals surface area contributed by atoms with Crippen molar-refractivity contribution in [1.29, 1.82) is 0 Å². The number of piperidine rings is 1. The van der Waals surface area contributed by atoms with Gasteiger partial charge >= 0.3 is 0 Å². The molecule has 2 N–H and O–H groups in total. The summed E-state index contributed by atoms with van der Waals surface area (Å²) in [6, 6.07) is 18.2. The molecule has 0 saturated carbocycles. The Kier molecular flexibility index (Phi) is 7.60. The van der Waals surface area contributed by atoms with Crippen LogP contribution in [0, 0.1) is 0 Å². The van der Waals surface area contributed by atoms with Crippen molar-refractivity contribution in [3.63, 3.8) is 0 Å². The molecular weight excluding hydrogens is 378 g/mol. The predicted molar refractivity (Wildman–Crippen MR) is 116 cm³/mol. The minimum Gasteiger partial charge on any atom is -0.354 e. The van der Waals surface area contributed by atoms with Gasteiger partial charge in [-0.15, -0.1) is 0 Å². The van der Waals surface area contributed by atoms with Gasteiger partial charge in [0.2, 0.25) is 17.7 Å². The first-order chi connectivity index (χ1) is 14.5. The summed E-state index contributed by atoms with van der Waals surface area (Å²) in [6.07, 6.45) is 2.78. The largest absolute Gasteiger partial charge is 0.354 e. The molecule has 158 valence electrons. The molecule has 0 radical (unpaired) electrons. The van der Waals surface area contributed by atoms with Crippen LogP contribution in [0.2, 0.25) is 0 Å². The molecule has 1 fully saturated rings. The molecule has 1 aliphatic heterocycles. The fraction of sp³-hybridized carbons (Fsp3) is 0.375. The molecule has 0 aliphatic carbocycles. The van der Waals surface area contributed by atoms with Crippen molar-refractivity contribution in [2.24, 2.45) is 0 Å². The van der Waals surface area contributed by atoms with Crippen LogP contribution in [-0.2, 0) is 27.2 Å². The van der Waals surface area contributed by atoms with Gasteiger partial charge < -0.3 is 15.5 Å². The van der Waals surface area contributed by atoms with Crippen LogP contribution in [-0.4, -0.2) is 48.3 Å². The van der Waals surface area contributed by atoms with Crippen LogP contribution < -0.4 is 10.6 Å². The molecule has 6 nitrogen and oxygen atoms in total. The minimum absolute atomic E-state index is 0.0944. The van der Waals surface area contributed by atoms with E-state index in [1.807, 2.05) is 60.7 Å². The Hall–Kier alpha value is -3.15. The first-order valence-electron chi connectivity index (χ1n) is 10.5. The molecule has 1 saturated heterocycles. The summed E-state index contributed by atoms with van der Waals surface area (Å²) in [6.45, 7) is 0.635. The number of aryl methyl sites for hydroxylation is 1. The number of hydrogen-bond donors (Lipinski definition) is 2. The topological polar surface area (TPSA) is 78.5 Å². The summed E-state index contributed by atoms with van der Waals surface area (Å²) in [4.78, 5) is 39.6. The van der Waals surface area contributed by atoms with Gasteiger partial charge in [-0.2, -0.15) is 0 Å². The molecule has 2 aromatic rings. The fourth-order valence-electron chi connectivity index (χ4n) is 3.67. The highest BCUT2D eigenvalue weighted by Gasteiger charge is 2.31. The second-order valence-corrected chi connectivity index (χ2v) is 7.69. The maximum atomic E-state index is 13.1. The van der Waals surface area contributed by atoms with Gasteiger partial charge in [0.05, 0.1) is 0 Å². The monoisotopic (exact) mass is 407 g/mol. The minimum atomic E-state index is -0.676. The molecule has 1 heterocycles. The van der Waals surface area contributed by atoms with E-state index in [0.717, 1.165) is 17.5 Å². The molecule has 0 unspecified atom stereocenters. The van der Waals surface area contributed by atoms with Crippen molar-refractivity contribution in [3.05, 3.63) is 71.8 Å². The highest BCUT2D eigenvalue weighted by atomic mass is 16.2. The van der Waals surface area contributed by atoms with Crippen molar-refractivity contribution in [1.82, 2.24) is 15.5 Å². The average Bonchev–Trinajstić information content (AvgIpc) is 2.78. The summed E-state index contributed by atoms with van der Waals surface area (Å²) in [5.41, 5.74) is 2.05. The van der Waals surface area contributed by atoms with Gasteiger partial charge in [-0.25, -0.2) is 0 Å². The summed E-state index contributed by atoms with van der Waals surface area (Å²) >= 11 is 0. The molecule has 2 atom stereocenters. The third kappa shape index (κ3) is 5.92. The quantitative estimate of drug-likeness (QED) is 0.703. The zero-order valence-corrected chi connectivity index (χ0v) is 17.3. The van der Waals surface area contributed by atoms with Gasteiger partial charge in [-0.3, -0.25) is 14.4 Å². The van der Waals surface area contributed by atoms with Crippen LogP contribution in [0.1, 0.15) is 30.4 Å². The third-order valence-corrected chi connectivity index (χ3v) is 5.51. The Morgan fingerprint density at radius 3 is 2.33 bits per heavy atom. The van der Waals surface area contributed by atoms with Crippen LogP contribution in [0.5, 0.6) is 0 Å². The molecule has 30 heavy (non-hydrogen) atoms. The first kappa shape index (κ1) is 21.6. The Morgan fingerprint density at radius 1 is 1.07 bits per heavy atom. The molecule has 6 heteroatoms. The highest BCUT2D eigenvalue weighted by Crippen LogP contribution is 2.13. The van der Waals surface area contributed by atoms with Gasteiger partial charge in [0.25, 0.3) is 0 Å². The molecule has 0 spiro atoms. The Bertz CT molecular complexity index is 855. The van der Waals surface area contributed by atoms with Crippen molar-refractivity contribution in [3.8, 4) is 0 Å². The van der Waals surface area contributed by atoms with Crippen LogP contribution in [0.15, 0.2) is 60.7 Å². The number of nitrogens with zero attached hydrogens (tertiary/aromatic N) is 1. The molecule has 3 rings (SSSR count). The molecule has 2 aromatic carbocycles. The molecule has 1 aliphatic rings. The van der Waals surface area contributed by atoms with E-state index in [9.17, 15) is 14.4 Å². The SMILES string of the molecule is CN(C(=O)CCc1ccccc1)[C@@H](Cc1ccccc1)C(=O)N[C@H]1CCCNC1=O. The smallest absolute Gasteiger partial charge is 0.243 e. The number of hydrogen-bond acceptors (Lipinski definition) is 3. The zero-order valence-electron chi connectivity index (χ0n) is 17.3. The lowest BCUT2D eigenvalue weighted by atomic mass is 10.0. The van der Waals surface area contributed by atoms with Crippen LogP contribution in [0.25, 0.3) is 0 Å². The van der Waals surface area contributed by atoms with Crippen molar-refractivity contribution in [2.45, 2.75) is 44.2 Å². The summed E-state index contributed by atoms with van der Waals surface area (Å²) in [5, 5.41) is 5.64. The second-order valence-electron chi connectivity index (χ2n) is 7.69. The summed E-state index contributed by atoms with van der Waals surface area (Å²) in [5.74, 6) is -0.550. The average molecular weight is 408 g/mol. The van der Waals surface area contributed by atoms with E-state index in [1.54, 1.807) is 7.05 Å². The molecular formula is C24H29N3O3. The van der Waals surface area contributed by atoms with Gasteiger partial charge in [0.1, 0.15) is 12.1 Å². The molecule has 3 amide bonds. The van der Waals surface area contributed by atoms with Crippen LogP contribution in [0.3, 0.4) is 0 Å². The van der Waals surface area contributed by atoms with Gasteiger partial charge in [-0.1, -0.05) is 60.7 Å². The van der Waals surface area contributed by atoms with E-state index in [0.29, 0.717) is 32.2 Å². The number of carbonyl (C=O) groups is 3. The number of carbonyl (C=O) groups excluding carboxylic acids is 3. The summed E-state index contributed by atoms with van der Waals surface area (Å²) < 4.78 is 0. The first-order valence-corrected chi connectivity index (χ1v) is 10.5. The number of nitrogens with one attached hydrogen (secondary N) is 2. The normalized spacial score (nSPS) is 17.0. The van der Waals surface area contributed by atoms with Gasteiger partial charge in [0.15, 0.2) is 0 Å². The number of benzene rings is 2. The zero-order chi connectivity index (χ0) is 21.3. The Morgan fingerprint density at radius 2 is 1.70 bits per heavy atom. The van der Waals surface area contributed by atoms with Crippen molar-refractivity contribution < 1.29 is 14.4 Å². The predicted octanol–water partition coefficient (Wildman–Crippen LogP) is 2.08. The second kappa shape index (κ2) is 10.6.